The molecule has 0 spiro atoms. The van der Waals surface area contributed by atoms with Crippen molar-refractivity contribution in [2.45, 2.75) is 18.4 Å². The van der Waals surface area contributed by atoms with Gasteiger partial charge in [0.05, 0.1) is 7.11 Å². The van der Waals surface area contributed by atoms with Gasteiger partial charge in [0.15, 0.2) is 0 Å². The van der Waals surface area contributed by atoms with E-state index in [1.807, 2.05) is 0 Å². The molecule has 0 saturated heterocycles. The molecule has 0 aliphatic heterocycles. The summed E-state index contributed by atoms with van der Waals surface area (Å²) in [5.74, 6) is -3.86. The van der Waals surface area contributed by atoms with Crippen LogP contribution in [-0.2, 0) is 0 Å². The van der Waals surface area contributed by atoms with Crippen molar-refractivity contribution < 1.29 is 22.3 Å². The van der Waals surface area contributed by atoms with Gasteiger partial charge in [-0.05, 0) is 24.7 Å². The van der Waals surface area contributed by atoms with Crippen LogP contribution in [0.5, 0.6) is 5.75 Å². The maximum Gasteiger partial charge on any atom is 0.326 e. The standard InChI is InChI=1S/C11H12ClF4NO/c1-17-9(11(15,16)10(13)14)7-4-3-6(18-2)5-8(7)12/h3-5,9-10,17H,1-2H3. The van der Waals surface area contributed by atoms with Gasteiger partial charge in [-0.15, -0.1) is 0 Å². The van der Waals surface area contributed by atoms with Crippen LogP contribution >= 0.6 is 11.6 Å². The van der Waals surface area contributed by atoms with Crippen molar-refractivity contribution in [3.05, 3.63) is 28.8 Å². The van der Waals surface area contributed by atoms with Gasteiger partial charge in [-0.3, -0.25) is 0 Å². The molecule has 1 aromatic carbocycles. The van der Waals surface area contributed by atoms with E-state index in [2.05, 4.69) is 5.32 Å². The molecule has 1 rings (SSSR count). The monoisotopic (exact) mass is 285 g/mol. The first-order valence-corrected chi connectivity index (χ1v) is 5.39. The average Bonchev–Trinajstić information content (AvgIpc) is 2.31. The summed E-state index contributed by atoms with van der Waals surface area (Å²) in [6, 6.07) is 2.05. The molecular weight excluding hydrogens is 274 g/mol. The Morgan fingerprint density at radius 2 is 1.94 bits per heavy atom. The predicted molar refractivity (Wildman–Crippen MR) is 60.8 cm³/mol. The Morgan fingerprint density at radius 3 is 2.33 bits per heavy atom. The van der Waals surface area contributed by atoms with Crippen LogP contribution in [0.3, 0.4) is 0 Å². The van der Waals surface area contributed by atoms with Gasteiger partial charge in [0, 0.05) is 5.02 Å². The largest absolute Gasteiger partial charge is 0.497 e. The molecule has 102 valence electrons. The minimum absolute atomic E-state index is 0.0611. The predicted octanol–water partition coefficient (Wildman–Crippen LogP) is 3.51. The highest BCUT2D eigenvalue weighted by molar-refractivity contribution is 6.31. The van der Waals surface area contributed by atoms with Crippen LogP contribution < -0.4 is 10.1 Å². The van der Waals surface area contributed by atoms with Crippen molar-refractivity contribution in [3.8, 4) is 5.75 Å². The third kappa shape index (κ3) is 2.87. The van der Waals surface area contributed by atoms with Crippen molar-refractivity contribution in [2.75, 3.05) is 14.2 Å². The number of ether oxygens (including phenoxy) is 1. The van der Waals surface area contributed by atoms with Gasteiger partial charge in [-0.2, -0.15) is 8.78 Å². The Morgan fingerprint density at radius 1 is 1.33 bits per heavy atom. The second-order valence-electron chi connectivity index (χ2n) is 3.58. The number of halogens is 5. The van der Waals surface area contributed by atoms with Crippen LogP contribution in [0.25, 0.3) is 0 Å². The number of rotatable bonds is 5. The number of nitrogens with one attached hydrogen (secondary N) is 1. The van der Waals surface area contributed by atoms with E-state index in [0.717, 1.165) is 0 Å². The van der Waals surface area contributed by atoms with Crippen LogP contribution in [-0.4, -0.2) is 26.5 Å². The number of benzene rings is 1. The van der Waals surface area contributed by atoms with Gasteiger partial charge in [-0.25, -0.2) is 8.78 Å². The van der Waals surface area contributed by atoms with E-state index in [4.69, 9.17) is 16.3 Å². The molecule has 7 heteroatoms. The Hall–Kier alpha value is -1.01. The minimum atomic E-state index is -4.22. The lowest BCUT2D eigenvalue weighted by atomic mass is 10.0. The highest BCUT2D eigenvalue weighted by Crippen LogP contribution is 2.39. The molecule has 0 aromatic heterocycles. The number of methoxy groups -OCH3 is 1. The molecule has 2 nitrogen and oxygen atoms in total. The molecule has 1 aromatic rings. The summed E-state index contributed by atoms with van der Waals surface area (Å²) in [5.41, 5.74) is -0.106. The second kappa shape index (κ2) is 5.75. The van der Waals surface area contributed by atoms with Gasteiger partial charge in [0.1, 0.15) is 11.8 Å². The van der Waals surface area contributed by atoms with Crippen molar-refractivity contribution in [2.24, 2.45) is 0 Å². The van der Waals surface area contributed by atoms with Crippen LogP contribution in [0.15, 0.2) is 18.2 Å². The maximum atomic E-state index is 13.4. The number of hydrogen-bond donors (Lipinski definition) is 1. The minimum Gasteiger partial charge on any atom is -0.497 e. The molecule has 0 aliphatic rings. The van der Waals surface area contributed by atoms with Crippen molar-refractivity contribution in [1.29, 1.82) is 0 Å². The number of hydrogen-bond acceptors (Lipinski definition) is 2. The molecule has 0 amide bonds. The van der Waals surface area contributed by atoms with Crippen molar-refractivity contribution >= 4 is 11.6 Å². The molecule has 0 bridgehead atoms. The van der Waals surface area contributed by atoms with Crippen LogP contribution in [0.1, 0.15) is 11.6 Å². The summed E-state index contributed by atoms with van der Waals surface area (Å²) in [6.45, 7) is 0. The van der Waals surface area contributed by atoms with E-state index >= 15 is 0 Å². The van der Waals surface area contributed by atoms with Crippen LogP contribution in [0, 0.1) is 0 Å². The van der Waals surface area contributed by atoms with Crippen molar-refractivity contribution in [1.82, 2.24) is 5.32 Å². The first kappa shape index (κ1) is 15.0. The zero-order valence-electron chi connectivity index (χ0n) is 9.68. The quantitative estimate of drug-likeness (QED) is 0.836. The lowest BCUT2D eigenvalue weighted by molar-refractivity contribution is -0.150. The van der Waals surface area contributed by atoms with Gasteiger partial charge < -0.3 is 10.1 Å². The van der Waals surface area contributed by atoms with Gasteiger partial charge in [0.2, 0.25) is 0 Å². The lowest BCUT2D eigenvalue weighted by Gasteiger charge is -2.27. The third-order valence-electron chi connectivity index (χ3n) is 2.48. The van der Waals surface area contributed by atoms with E-state index in [1.165, 1.54) is 32.4 Å². The normalized spacial score (nSPS) is 13.8. The van der Waals surface area contributed by atoms with Crippen molar-refractivity contribution in [3.63, 3.8) is 0 Å². The molecule has 0 fully saturated rings. The van der Waals surface area contributed by atoms with E-state index in [-0.39, 0.29) is 10.6 Å². The summed E-state index contributed by atoms with van der Waals surface area (Å²) >= 11 is 5.79. The molecule has 18 heavy (non-hydrogen) atoms. The number of alkyl halides is 4. The summed E-state index contributed by atoms with van der Waals surface area (Å²) < 4.78 is 56.3. The highest BCUT2D eigenvalue weighted by atomic mass is 35.5. The van der Waals surface area contributed by atoms with Gasteiger partial charge in [0.25, 0.3) is 0 Å². The molecule has 1 atom stereocenters. The first-order valence-electron chi connectivity index (χ1n) is 5.01. The summed E-state index contributed by atoms with van der Waals surface area (Å²) in [5, 5.41) is 2.10. The fourth-order valence-corrected chi connectivity index (χ4v) is 1.83. The zero-order valence-corrected chi connectivity index (χ0v) is 10.4. The maximum absolute atomic E-state index is 13.4. The molecule has 1 N–H and O–H groups in total. The molecule has 0 heterocycles. The fourth-order valence-electron chi connectivity index (χ4n) is 1.55. The topological polar surface area (TPSA) is 21.3 Å². The Bertz CT molecular complexity index is 414. The van der Waals surface area contributed by atoms with Gasteiger partial charge >= 0.3 is 12.3 Å². The highest BCUT2D eigenvalue weighted by Gasteiger charge is 2.49. The fraction of sp³-hybridized carbons (Fsp3) is 0.455. The van der Waals surface area contributed by atoms with Gasteiger partial charge in [-0.1, -0.05) is 17.7 Å². The molecule has 0 radical (unpaired) electrons. The summed E-state index contributed by atoms with van der Waals surface area (Å²) in [4.78, 5) is 0. The average molecular weight is 286 g/mol. The first-order chi connectivity index (χ1) is 8.34. The Balaban J connectivity index is 3.17. The Kier molecular flexibility index (Phi) is 4.81. The molecule has 0 aliphatic carbocycles. The van der Waals surface area contributed by atoms with E-state index in [9.17, 15) is 17.6 Å². The molecule has 1 unspecified atom stereocenters. The summed E-state index contributed by atoms with van der Waals surface area (Å²) in [7, 11) is 2.55. The smallest absolute Gasteiger partial charge is 0.326 e. The zero-order chi connectivity index (χ0) is 13.9. The van der Waals surface area contributed by atoms with E-state index < -0.39 is 18.4 Å². The molecular formula is C11H12ClF4NO. The SMILES string of the molecule is CNC(c1ccc(OC)cc1Cl)C(F)(F)C(F)F. The van der Waals surface area contributed by atoms with Crippen LogP contribution in [0.4, 0.5) is 17.6 Å². The van der Waals surface area contributed by atoms with E-state index in [0.29, 0.717) is 5.75 Å². The summed E-state index contributed by atoms with van der Waals surface area (Å²) in [6.07, 6.45) is -3.78. The lowest BCUT2D eigenvalue weighted by Crippen LogP contribution is -2.41. The van der Waals surface area contributed by atoms with E-state index in [1.54, 1.807) is 0 Å². The van der Waals surface area contributed by atoms with Crippen LogP contribution in [0.2, 0.25) is 5.02 Å². The Labute approximate surface area is 107 Å². The third-order valence-corrected chi connectivity index (χ3v) is 2.81. The molecule has 0 saturated carbocycles. The second-order valence-corrected chi connectivity index (χ2v) is 3.99.